The molecule has 4 rings (SSSR count). The summed E-state index contributed by atoms with van der Waals surface area (Å²) in [5.74, 6) is 1.27. The number of hydrogen-bond acceptors (Lipinski definition) is 2. The fourth-order valence-corrected chi connectivity index (χ4v) is 4.73. The molecule has 2 nitrogen and oxygen atoms in total. The molecule has 0 unspecified atom stereocenters. The van der Waals surface area contributed by atoms with Crippen molar-refractivity contribution in [1.82, 2.24) is 0 Å². The number of benzene rings is 3. The van der Waals surface area contributed by atoms with E-state index in [0.29, 0.717) is 5.75 Å². The molecular formula is C27H30O2Si. The van der Waals surface area contributed by atoms with E-state index in [-0.39, 0.29) is 0 Å². The van der Waals surface area contributed by atoms with Gasteiger partial charge >= 0.3 is 0 Å². The molecule has 0 bridgehead atoms. The van der Waals surface area contributed by atoms with Crippen LogP contribution in [0.4, 0.5) is 0 Å². The van der Waals surface area contributed by atoms with Crippen molar-refractivity contribution in [2.24, 2.45) is 0 Å². The summed E-state index contributed by atoms with van der Waals surface area (Å²) in [5, 5.41) is 9.78. The normalized spacial score (nSPS) is 13.8. The molecule has 30 heavy (non-hydrogen) atoms. The Labute approximate surface area is 180 Å². The number of rotatable bonds is 6. The van der Waals surface area contributed by atoms with E-state index in [2.05, 4.69) is 68.2 Å². The third-order valence-electron chi connectivity index (χ3n) is 5.69. The van der Waals surface area contributed by atoms with Crippen molar-refractivity contribution in [2.75, 3.05) is 6.61 Å². The van der Waals surface area contributed by atoms with Crippen LogP contribution in [0.3, 0.4) is 0 Å². The van der Waals surface area contributed by atoms with Gasteiger partial charge in [0, 0.05) is 8.07 Å². The summed E-state index contributed by atoms with van der Waals surface area (Å²) in [4.78, 5) is 0. The minimum atomic E-state index is -1.10. The van der Waals surface area contributed by atoms with Gasteiger partial charge in [-0.05, 0) is 76.6 Å². The summed E-state index contributed by atoms with van der Waals surface area (Å²) in [6, 6.07) is 25.9. The van der Waals surface area contributed by atoms with Gasteiger partial charge in [-0.15, -0.1) is 0 Å². The molecule has 0 saturated carbocycles. The van der Waals surface area contributed by atoms with Crippen LogP contribution in [0, 0.1) is 0 Å². The van der Waals surface area contributed by atoms with Crippen LogP contribution in [-0.4, -0.2) is 19.8 Å². The Hall–Kier alpha value is -2.78. The summed E-state index contributed by atoms with van der Waals surface area (Å²) in [7, 11) is -1.10. The lowest BCUT2D eigenvalue weighted by atomic mass is 9.79. The maximum Gasteiger partial charge on any atom is 0.119 e. The van der Waals surface area contributed by atoms with Crippen molar-refractivity contribution >= 4 is 19.2 Å². The van der Waals surface area contributed by atoms with E-state index in [0.717, 1.165) is 30.8 Å². The lowest BCUT2D eigenvalue weighted by Gasteiger charge is -2.25. The van der Waals surface area contributed by atoms with Gasteiger partial charge in [-0.1, -0.05) is 68.2 Å². The van der Waals surface area contributed by atoms with Crippen molar-refractivity contribution < 1.29 is 9.84 Å². The first-order valence-corrected chi connectivity index (χ1v) is 14.5. The van der Waals surface area contributed by atoms with Crippen LogP contribution in [0.5, 0.6) is 11.5 Å². The highest BCUT2D eigenvalue weighted by Crippen LogP contribution is 2.42. The van der Waals surface area contributed by atoms with Crippen LogP contribution < -0.4 is 4.74 Å². The smallest absolute Gasteiger partial charge is 0.119 e. The zero-order chi connectivity index (χ0) is 21.1. The first-order chi connectivity index (χ1) is 14.4. The van der Waals surface area contributed by atoms with Gasteiger partial charge in [-0.3, -0.25) is 0 Å². The van der Waals surface area contributed by atoms with Gasteiger partial charge in [0.25, 0.3) is 0 Å². The van der Waals surface area contributed by atoms with Gasteiger partial charge in [0.1, 0.15) is 11.5 Å². The van der Waals surface area contributed by atoms with Gasteiger partial charge in [0.05, 0.1) is 6.61 Å². The number of aromatic hydroxyl groups is 1. The molecule has 3 aromatic carbocycles. The Balaban J connectivity index is 1.73. The molecule has 3 aromatic rings. The van der Waals surface area contributed by atoms with Crippen LogP contribution in [0.25, 0.3) is 11.1 Å². The summed E-state index contributed by atoms with van der Waals surface area (Å²) in [6.07, 6.45) is 2.00. The van der Waals surface area contributed by atoms with Crippen LogP contribution in [0.1, 0.15) is 28.7 Å². The Kier molecular flexibility index (Phi) is 5.82. The average molecular weight is 415 g/mol. The topological polar surface area (TPSA) is 29.5 Å². The molecule has 1 N–H and O–H groups in total. The molecular weight excluding hydrogens is 384 g/mol. The minimum absolute atomic E-state index is 0.294. The maximum absolute atomic E-state index is 9.78. The molecule has 0 aliphatic heterocycles. The summed E-state index contributed by atoms with van der Waals surface area (Å²) < 4.78 is 6.10. The van der Waals surface area contributed by atoms with Gasteiger partial charge in [0.2, 0.25) is 0 Å². The Morgan fingerprint density at radius 2 is 1.57 bits per heavy atom. The molecule has 0 saturated heterocycles. The monoisotopic (exact) mass is 414 g/mol. The molecule has 0 amide bonds. The fourth-order valence-electron chi connectivity index (χ4n) is 4.02. The second kappa shape index (κ2) is 8.53. The Morgan fingerprint density at radius 1 is 0.833 bits per heavy atom. The van der Waals surface area contributed by atoms with Crippen molar-refractivity contribution in [3.63, 3.8) is 0 Å². The number of ether oxygens (including phenoxy) is 1. The Bertz CT molecular complexity index is 1040. The second-order valence-corrected chi connectivity index (χ2v) is 14.9. The highest BCUT2D eigenvalue weighted by Gasteiger charge is 2.22. The van der Waals surface area contributed by atoms with Crippen LogP contribution in [-0.2, 0) is 6.42 Å². The number of phenolic OH excluding ortho intramolecular Hbond substituents is 1. The quantitative estimate of drug-likeness (QED) is 0.439. The van der Waals surface area contributed by atoms with Crippen molar-refractivity contribution in [3.8, 4) is 11.5 Å². The number of allylic oxidation sites excluding steroid dienone is 1. The lowest BCUT2D eigenvalue weighted by molar-refractivity contribution is 0.338. The molecule has 154 valence electrons. The molecule has 0 atom stereocenters. The van der Waals surface area contributed by atoms with E-state index in [1.807, 2.05) is 12.1 Å². The van der Waals surface area contributed by atoms with Crippen LogP contribution >= 0.6 is 0 Å². The molecule has 0 radical (unpaired) electrons. The van der Waals surface area contributed by atoms with E-state index in [1.54, 1.807) is 12.1 Å². The average Bonchev–Trinajstić information content (AvgIpc) is 2.73. The van der Waals surface area contributed by atoms with E-state index in [4.69, 9.17) is 4.74 Å². The molecule has 1 aliphatic rings. The predicted octanol–water partition coefficient (Wildman–Crippen LogP) is 7.01. The predicted molar refractivity (Wildman–Crippen MR) is 129 cm³/mol. The SMILES string of the molecule is C[Si](C)(C)CCOc1ccc2c(c1)CCC(c1ccccc1)=C2c1ccc(O)cc1. The molecule has 0 fully saturated rings. The van der Waals surface area contributed by atoms with Gasteiger partial charge in [-0.25, -0.2) is 0 Å². The number of fused-ring (bicyclic) bond motifs is 1. The Morgan fingerprint density at radius 3 is 2.27 bits per heavy atom. The van der Waals surface area contributed by atoms with Crippen LogP contribution in [0.2, 0.25) is 25.7 Å². The first kappa shape index (κ1) is 20.5. The maximum atomic E-state index is 9.78. The standard InChI is InChI=1S/C27H30O2Si/c1-30(2,3)18-17-29-24-14-16-26-22(19-24)11-15-25(20-7-5-4-6-8-20)27(26)21-9-12-23(28)13-10-21/h4-10,12-14,16,19,28H,11,15,17-18H2,1-3H3. The largest absolute Gasteiger partial charge is 0.508 e. The number of phenols is 1. The zero-order valence-corrected chi connectivity index (χ0v) is 19.1. The number of hydrogen-bond donors (Lipinski definition) is 1. The fraction of sp³-hybridized carbons (Fsp3) is 0.259. The summed E-state index contributed by atoms with van der Waals surface area (Å²) in [5.41, 5.74) is 7.63. The highest BCUT2D eigenvalue weighted by molar-refractivity contribution is 6.76. The van der Waals surface area contributed by atoms with Crippen molar-refractivity contribution in [3.05, 3.63) is 95.1 Å². The van der Waals surface area contributed by atoms with E-state index in [1.165, 1.54) is 33.9 Å². The third-order valence-corrected chi connectivity index (χ3v) is 7.40. The van der Waals surface area contributed by atoms with Crippen molar-refractivity contribution in [2.45, 2.75) is 38.5 Å². The summed E-state index contributed by atoms with van der Waals surface area (Å²) in [6.45, 7) is 7.93. The lowest BCUT2D eigenvalue weighted by Crippen LogP contribution is -2.22. The molecule has 0 heterocycles. The summed E-state index contributed by atoms with van der Waals surface area (Å²) >= 11 is 0. The van der Waals surface area contributed by atoms with E-state index < -0.39 is 8.07 Å². The highest BCUT2D eigenvalue weighted by atomic mass is 28.3. The van der Waals surface area contributed by atoms with Crippen molar-refractivity contribution in [1.29, 1.82) is 0 Å². The second-order valence-electron chi connectivity index (χ2n) is 9.24. The molecule has 0 spiro atoms. The molecule has 3 heteroatoms. The number of aryl methyl sites for hydroxylation is 1. The van der Waals surface area contributed by atoms with Crippen LogP contribution in [0.15, 0.2) is 72.8 Å². The first-order valence-electron chi connectivity index (χ1n) is 10.7. The third kappa shape index (κ3) is 4.68. The zero-order valence-electron chi connectivity index (χ0n) is 18.1. The minimum Gasteiger partial charge on any atom is -0.508 e. The van der Waals surface area contributed by atoms with Gasteiger partial charge < -0.3 is 9.84 Å². The van der Waals surface area contributed by atoms with Gasteiger partial charge in [0.15, 0.2) is 0 Å². The molecule has 1 aliphatic carbocycles. The van der Waals surface area contributed by atoms with Gasteiger partial charge in [-0.2, -0.15) is 0 Å². The molecule has 0 aromatic heterocycles. The van der Waals surface area contributed by atoms with E-state index >= 15 is 0 Å². The van der Waals surface area contributed by atoms with E-state index in [9.17, 15) is 5.11 Å².